The summed E-state index contributed by atoms with van der Waals surface area (Å²) in [7, 11) is 0. The summed E-state index contributed by atoms with van der Waals surface area (Å²) in [6, 6.07) is 0. The number of allylic oxidation sites excluding steroid dienone is 3. The molecule has 0 spiro atoms. The summed E-state index contributed by atoms with van der Waals surface area (Å²) in [5, 5.41) is 4.02. The van der Waals surface area contributed by atoms with Crippen molar-refractivity contribution in [2.45, 2.75) is 6.92 Å². The maximum Gasteiger partial charge on any atom is 0.0653 e. The highest BCUT2D eigenvalue weighted by atomic mass is 14.9. The average Bonchev–Trinajstić information content (AvgIpc) is 2.14. The van der Waals surface area contributed by atoms with Gasteiger partial charge in [-0.25, -0.2) is 0 Å². The van der Waals surface area contributed by atoms with Gasteiger partial charge in [0.2, 0.25) is 0 Å². The van der Waals surface area contributed by atoms with Crippen molar-refractivity contribution in [3.63, 3.8) is 0 Å². The van der Waals surface area contributed by atoms with Crippen LogP contribution in [-0.4, -0.2) is 0 Å². The monoisotopic (exact) mass is 106 g/mol. The number of rotatable bonds is 1. The standard InChI is InChI=1S/C7H8N/c1-3-7-6(2)4-5-8-7/h3-5H,1H2,2H3. The van der Waals surface area contributed by atoms with Crippen LogP contribution in [0.25, 0.3) is 0 Å². The Morgan fingerprint density at radius 2 is 2.50 bits per heavy atom. The van der Waals surface area contributed by atoms with Gasteiger partial charge < -0.3 is 0 Å². The normalized spacial score (nSPS) is 16.6. The lowest BCUT2D eigenvalue weighted by atomic mass is 10.2. The second kappa shape index (κ2) is 1.86. The fourth-order valence-corrected chi connectivity index (χ4v) is 0.630. The smallest absolute Gasteiger partial charge is 0.0653 e. The molecule has 1 radical (unpaired) electrons. The van der Waals surface area contributed by atoms with Crippen molar-refractivity contribution in [2.75, 3.05) is 0 Å². The van der Waals surface area contributed by atoms with Gasteiger partial charge in [0.05, 0.1) is 5.70 Å². The van der Waals surface area contributed by atoms with E-state index in [0.717, 1.165) is 5.70 Å². The largest absolute Gasteiger partial charge is 0.257 e. The summed E-state index contributed by atoms with van der Waals surface area (Å²) >= 11 is 0. The molecule has 0 N–H and O–H groups in total. The minimum Gasteiger partial charge on any atom is -0.257 e. The second-order valence-electron chi connectivity index (χ2n) is 1.72. The van der Waals surface area contributed by atoms with Gasteiger partial charge in [-0.05, 0) is 24.6 Å². The third-order valence-electron chi connectivity index (χ3n) is 1.14. The van der Waals surface area contributed by atoms with Crippen LogP contribution < -0.4 is 5.32 Å². The number of nitrogens with zero attached hydrogens (tertiary/aromatic N) is 1. The first-order valence-electron chi connectivity index (χ1n) is 2.55. The van der Waals surface area contributed by atoms with Gasteiger partial charge in [0.25, 0.3) is 0 Å². The average molecular weight is 106 g/mol. The molecule has 1 aliphatic heterocycles. The van der Waals surface area contributed by atoms with Gasteiger partial charge >= 0.3 is 0 Å². The van der Waals surface area contributed by atoms with E-state index in [1.807, 2.05) is 13.0 Å². The van der Waals surface area contributed by atoms with Crippen LogP contribution in [0.3, 0.4) is 0 Å². The topological polar surface area (TPSA) is 14.1 Å². The van der Waals surface area contributed by atoms with E-state index in [1.54, 1.807) is 12.3 Å². The molecule has 41 valence electrons. The van der Waals surface area contributed by atoms with E-state index in [-0.39, 0.29) is 0 Å². The van der Waals surface area contributed by atoms with Crippen LogP contribution in [-0.2, 0) is 0 Å². The van der Waals surface area contributed by atoms with E-state index < -0.39 is 0 Å². The lowest BCUT2D eigenvalue weighted by Gasteiger charge is -1.89. The molecule has 1 nitrogen and oxygen atoms in total. The van der Waals surface area contributed by atoms with Crippen LogP contribution in [0.15, 0.2) is 36.2 Å². The van der Waals surface area contributed by atoms with Crippen LogP contribution >= 0.6 is 0 Å². The summed E-state index contributed by atoms with van der Waals surface area (Å²) < 4.78 is 0. The van der Waals surface area contributed by atoms with Crippen molar-refractivity contribution < 1.29 is 0 Å². The molecule has 1 aliphatic rings. The molecule has 0 aromatic rings. The van der Waals surface area contributed by atoms with Crippen molar-refractivity contribution in [1.29, 1.82) is 0 Å². The van der Waals surface area contributed by atoms with Crippen LogP contribution in [0.2, 0.25) is 0 Å². The summed E-state index contributed by atoms with van der Waals surface area (Å²) in [6.07, 6.45) is 5.51. The summed E-state index contributed by atoms with van der Waals surface area (Å²) in [6.45, 7) is 5.62. The zero-order valence-electron chi connectivity index (χ0n) is 4.89. The molecule has 1 heterocycles. The quantitative estimate of drug-likeness (QED) is 0.482. The number of hydrogen-bond donors (Lipinski definition) is 0. The molecule has 0 saturated carbocycles. The highest BCUT2D eigenvalue weighted by molar-refractivity contribution is 5.35. The van der Waals surface area contributed by atoms with Crippen molar-refractivity contribution in [3.05, 3.63) is 36.2 Å². The third-order valence-corrected chi connectivity index (χ3v) is 1.14. The predicted octanol–water partition coefficient (Wildman–Crippen LogP) is 1.58. The Morgan fingerprint density at radius 1 is 1.75 bits per heavy atom. The molecule has 0 bridgehead atoms. The van der Waals surface area contributed by atoms with Gasteiger partial charge in [0.15, 0.2) is 0 Å². The molecule has 0 aliphatic carbocycles. The Labute approximate surface area is 49.4 Å². The number of hydrogen-bond acceptors (Lipinski definition) is 0. The Hall–Kier alpha value is -0.980. The fraction of sp³-hybridized carbons (Fsp3) is 0.143. The zero-order valence-corrected chi connectivity index (χ0v) is 4.89. The van der Waals surface area contributed by atoms with Gasteiger partial charge in [-0.15, -0.1) is 0 Å². The Balaban J connectivity index is 2.82. The maximum atomic E-state index is 4.02. The molecule has 0 fully saturated rings. The van der Waals surface area contributed by atoms with Gasteiger partial charge in [0, 0.05) is 6.20 Å². The molecule has 0 unspecified atom stereocenters. The maximum absolute atomic E-state index is 4.02. The molecule has 1 rings (SSSR count). The first-order valence-corrected chi connectivity index (χ1v) is 2.55. The Kier molecular flexibility index (Phi) is 1.20. The molecule has 0 atom stereocenters. The minimum absolute atomic E-state index is 0.991. The van der Waals surface area contributed by atoms with Crippen molar-refractivity contribution in [2.24, 2.45) is 0 Å². The fourth-order valence-electron chi connectivity index (χ4n) is 0.630. The molecule has 0 saturated heterocycles. The van der Waals surface area contributed by atoms with E-state index in [2.05, 4.69) is 11.9 Å². The Bertz CT molecular complexity index is 163. The lowest BCUT2D eigenvalue weighted by molar-refractivity contribution is 1.11. The summed E-state index contributed by atoms with van der Waals surface area (Å²) in [5.74, 6) is 0. The molecule has 8 heavy (non-hydrogen) atoms. The van der Waals surface area contributed by atoms with Crippen LogP contribution in [0.5, 0.6) is 0 Å². The molecular formula is C7H8N. The second-order valence-corrected chi connectivity index (χ2v) is 1.72. The van der Waals surface area contributed by atoms with E-state index in [1.165, 1.54) is 5.57 Å². The molecular weight excluding hydrogens is 98.1 g/mol. The van der Waals surface area contributed by atoms with Crippen LogP contribution in [0, 0.1) is 0 Å². The minimum atomic E-state index is 0.991. The van der Waals surface area contributed by atoms with Crippen LogP contribution in [0.4, 0.5) is 0 Å². The molecule has 1 heteroatoms. The molecule has 0 aromatic carbocycles. The van der Waals surface area contributed by atoms with Crippen molar-refractivity contribution in [3.8, 4) is 0 Å². The molecule has 0 amide bonds. The Morgan fingerprint density at radius 3 is 2.75 bits per heavy atom. The first-order chi connectivity index (χ1) is 3.84. The summed E-state index contributed by atoms with van der Waals surface area (Å²) in [4.78, 5) is 0. The van der Waals surface area contributed by atoms with E-state index in [4.69, 9.17) is 0 Å². The SMILES string of the molecule is C=CC1=C(C)C=C[N]1. The van der Waals surface area contributed by atoms with Crippen molar-refractivity contribution in [1.82, 2.24) is 5.32 Å². The highest BCUT2D eigenvalue weighted by Gasteiger charge is 1.99. The van der Waals surface area contributed by atoms with Gasteiger partial charge in [0.1, 0.15) is 0 Å². The van der Waals surface area contributed by atoms with E-state index in [0.29, 0.717) is 0 Å². The van der Waals surface area contributed by atoms with Crippen molar-refractivity contribution >= 4 is 0 Å². The van der Waals surface area contributed by atoms with Crippen LogP contribution in [0.1, 0.15) is 6.92 Å². The zero-order chi connectivity index (χ0) is 5.98. The van der Waals surface area contributed by atoms with E-state index >= 15 is 0 Å². The molecule has 0 aromatic heterocycles. The van der Waals surface area contributed by atoms with Gasteiger partial charge in [-0.2, -0.15) is 0 Å². The summed E-state index contributed by atoms with van der Waals surface area (Å²) in [5.41, 5.74) is 2.19. The van der Waals surface area contributed by atoms with Gasteiger partial charge in [-0.3, -0.25) is 5.32 Å². The van der Waals surface area contributed by atoms with E-state index in [9.17, 15) is 0 Å². The predicted molar refractivity (Wildman–Crippen MR) is 34.2 cm³/mol. The highest BCUT2D eigenvalue weighted by Crippen LogP contribution is 2.09. The first kappa shape index (κ1) is 5.16. The van der Waals surface area contributed by atoms with Gasteiger partial charge in [-0.1, -0.05) is 6.58 Å². The third kappa shape index (κ3) is 0.668. The lowest BCUT2D eigenvalue weighted by Crippen LogP contribution is -1.86.